The number of rotatable bonds is 5. The van der Waals surface area contributed by atoms with Crippen LogP contribution in [0.3, 0.4) is 0 Å². The lowest BCUT2D eigenvalue weighted by molar-refractivity contribution is 0.485. The van der Waals surface area contributed by atoms with Gasteiger partial charge in [-0.05, 0) is 19.1 Å². The van der Waals surface area contributed by atoms with Crippen molar-refractivity contribution < 1.29 is 4.42 Å². The van der Waals surface area contributed by atoms with Crippen molar-refractivity contribution >= 4 is 11.8 Å². The van der Waals surface area contributed by atoms with Crippen molar-refractivity contribution in [2.75, 3.05) is 0 Å². The summed E-state index contributed by atoms with van der Waals surface area (Å²) in [5.41, 5.74) is 0.984. The summed E-state index contributed by atoms with van der Waals surface area (Å²) in [7, 11) is 0. The van der Waals surface area contributed by atoms with Gasteiger partial charge in [0.05, 0.1) is 24.1 Å². The summed E-state index contributed by atoms with van der Waals surface area (Å²) in [6.45, 7) is 2.38. The number of furan rings is 1. The molecule has 0 aliphatic heterocycles. The van der Waals surface area contributed by atoms with E-state index in [0.717, 1.165) is 17.1 Å². The molecular formula is C16H14N4OS. The van der Waals surface area contributed by atoms with Crippen LogP contribution in [-0.2, 0) is 6.54 Å². The Morgan fingerprint density at radius 1 is 1.23 bits per heavy atom. The number of nitrogens with zero attached hydrogens (tertiary/aromatic N) is 4. The molecule has 0 bridgehead atoms. The summed E-state index contributed by atoms with van der Waals surface area (Å²) >= 11 is 1.39. The Balaban J connectivity index is 2.01. The molecule has 1 aromatic carbocycles. The maximum atomic E-state index is 9.02. The zero-order chi connectivity index (χ0) is 15.4. The Morgan fingerprint density at radius 2 is 2.05 bits per heavy atom. The predicted molar refractivity (Wildman–Crippen MR) is 84.2 cm³/mol. The molecule has 0 saturated heterocycles. The molecule has 1 atom stereocenters. The summed E-state index contributed by atoms with van der Waals surface area (Å²) in [6, 6.07) is 15.8. The quantitative estimate of drug-likeness (QED) is 0.674. The van der Waals surface area contributed by atoms with E-state index < -0.39 is 0 Å². The minimum Gasteiger partial charge on any atom is -0.467 e. The molecule has 22 heavy (non-hydrogen) atoms. The van der Waals surface area contributed by atoms with Crippen molar-refractivity contribution in [1.82, 2.24) is 14.8 Å². The number of nitriles is 1. The fraction of sp³-hybridized carbons (Fsp3) is 0.188. The minimum absolute atomic E-state index is 0.192. The van der Waals surface area contributed by atoms with Crippen molar-refractivity contribution in [1.29, 1.82) is 5.26 Å². The van der Waals surface area contributed by atoms with Crippen molar-refractivity contribution in [2.45, 2.75) is 23.9 Å². The molecule has 3 aromatic rings. The van der Waals surface area contributed by atoms with Crippen molar-refractivity contribution in [2.24, 2.45) is 0 Å². The molecule has 0 radical (unpaired) electrons. The fourth-order valence-corrected chi connectivity index (χ4v) is 2.80. The van der Waals surface area contributed by atoms with Crippen molar-refractivity contribution in [3.05, 3.63) is 54.5 Å². The van der Waals surface area contributed by atoms with E-state index in [4.69, 9.17) is 9.68 Å². The highest BCUT2D eigenvalue weighted by molar-refractivity contribution is 8.00. The Morgan fingerprint density at radius 3 is 2.73 bits per heavy atom. The van der Waals surface area contributed by atoms with Crippen LogP contribution in [0.5, 0.6) is 0 Å². The van der Waals surface area contributed by atoms with E-state index >= 15 is 0 Å². The first-order valence-corrected chi connectivity index (χ1v) is 7.73. The van der Waals surface area contributed by atoms with Gasteiger partial charge in [-0.15, -0.1) is 10.2 Å². The molecule has 3 rings (SSSR count). The summed E-state index contributed by atoms with van der Waals surface area (Å²) in [5, 5.41) is 18.1. The highest BCUT2D eigenvalue weighted by atomic mass is 32.2. The Kier molecular flexibility index (Phi) is 4.26. The first-order valence-electron chi connectivity index (χ1n) is 6.85. The van der Waals surface area contributed by atoms with Gasteiger partial charge in [-0.3, -0.25) is 4.57 Å². The monoisotopic (exact) mass is 310 g/mol. The van der Waals surface area contributed by atoms with Crippen molar-refractivity contribution in [3.8, 4) is 17.5 Å². The molecule has 2 heterocycles. The predicted octanol–water partition coefficient (Wildman–Crippen LogP) is 3.59. The first-order chi connectivity index (χ1) is 10.8. The molecule has 6 heteroatoms. The molecule has 0 fully saturated rings. The highest BCUT2D eigenvalue weighted by Crippen LogP contribution is 2.27. The lowest BCUT2D eigenvalue weighted by atomic mass is 10.2. The van der Waals surface area contributed by atoms with Crippen LogP contribution in [0.2, 0.25) is 0 Å². The zero-order valence-corrected chi connectivity index (χ0v) is 12.8. The highest BCUT2D eigenvalue weighted by Gasteiger charge is 2.17. The molecule has 0 N–H and O–H groups in total. The average molecular weight is 310 g/mol. The maximum absolute atomic E-state index is 9.02. The number of thioether (sulfide) groups is 1. The van der Waals surface area contributed by atoms with Crippen LogP contribution in [0.15, 0.2) is 58.3 Å². The van der Waals surface area contributed by atoms with Crippen LogP contribution in [0, 0.1) is 11.3 Å². The van der Waals surface area contributed by atoms with Gasteiger partial charge in [-0.2, -0.15) is 5.26 Å². The Bertz CT molecular complexity index is 774. The third-order valence-corrected chi connectivity index (χ3v) is 4.08. The van der Waals surface area contributed by atoms with Crippen LogP contribution < -0.4 is 0 Å². The Hall–Kier alpha value is -2.52. The van der Waals surface area contributed by atoms with E-state index in [1.807, 2.05) is 54.0 Å². The lowest BCUT2D eigenvalue weighted by Crippen LogP contribution is -2.05. The molecule has 5 nitrogen and oxygen atoms in total. The second-order valence-corrected chi connectivity index (χ2v) is 6.03. The lowest BCUT2D eigenvalue weighted by Gasteiger charge is -2.09. The van der Waals surface area contributed by atoms with Crippen molar-refractivity contribution in [3.63, 3.8) is 0 Å². The third-order valence-electron chi connectivity index (χ3n) is 3.11. The summed E-state index contributed by atoms with van der Waals surface area (Å²) in [5.74, 6) is 1.59. The molecule has 110 valence electrons. The smallest absolute Gasteiger partial charge is 0.193 e. The van der Waals surface area contributed by atoms with Gasteiger partial charge in [0.25, 0.3) is 0 Å². The number of aromatic nitrogens is 3. The SMILES string of the molecule is CC(C#N)Sc1nnc(-c2ccccc2)n1Cc1ccco1. The van der Waals surface area contributed by atoms with Gasteiger partial charge in [0.1, 0.15) is 5.76 Å². The number of hydrogen-bond acceptors (Lipinski definition) is 5. The van der Waals surface area contributed by atoms with Gasteiger partial charge >= 0.3 is 0 Å². The van der Waals surface area contributed by atoms with Gasteiger partial charge in [0.2, 0.25) is 0 Å². The minimum atomic E-state index is -0.192. The van der Waals surface area contributed by atoms with Gasteiger partial charge in [0, 0.05) is 5.56 Å². The third kappa shape index (κ3) is 3.05. The van der Waals surface area contributed by atoms with E-state index in [2.05, 4.69) is 16.3 Å². The molecule has 0 amide bonds. The van der Waals surface area contributed by atoms with E-state index in [-0.39, 0.29) is 5.25 Å². The fourth-order valence-electron chi connectivity index (χ4n) is 2.06. The second kappa shape index (κ2) is 6.50. The Labute approximate surface area is 132 Å². The second-order valence-electron chi connectivity index (χ2n) is 4.73. The number of hydrogen-bond donors (Lipinski definition) is 0. The summed E-state index contributed by atoms with van der Waals surface area (Å²) in [6.07, 6.45) is 1.65. The summed E-state index contributed by atoms with van der Waals surface area (Å²) < 4.78 is 7.41. The standard InChI is InChI=1S/C16H14N4OS/c1-12(10-17)22-16-19-18-15(13-6-3-2-4-7-13)20(16)11-14-8-5-9-21-14/h2-9,12H,11H2,1H3. The average Bonchev–Trinajstić information content (AvgIpc) is 3.19. The van der Waals surface area contributed by atoms with Crippen LogP contribution in [0.25, 0.3) is 11.4 Å². The van der Waals surface area contributed by atoms with E-state index in [0.29, 0.717) is 11.7 Å². The molecule has 0 aliphatic carbocycles. The van der Waals surface area contributed by atoms with E-state index in [1.165, 1.54) is 11.8 Å². The molecule has 1 unspecified atom stereocenters. The van der Waals surface area contributed by atoms with E-state index in [1.54, 1.807) is 6.26 Å². The number of benzene rings is 1. The largest absolute Gasteiger partial charge is 0.467 e. The van der Waals surface area contributed by atoms with Crippen LogP contribution >= 0.6 is 11.8 Å². The molecule has 2 aromatic heterocycles. The van der Waals surface area contributed by atoms with Crippen LogP contribution in [0.1, 0.15) is 12.7 Å². The molecule has 0 spiro atoms. The molecule has 0 aliphatic rings. The van der Waals surface area contributed by atoms with Crippen LogP contribution in [-0.4, -0.2) is 20.0 Å². The summed E-state index contributed by atoms with van der Waals surface area (Å²) in [4.78, 5) is 0. The molecular weight excluding hydrogens is 296 g/mol. The molecule has 0 saturated carbocycles. The van der Waals surface area contributed by atoms with E-state index in [9.17, 15) is 0 Å². The first kappa shape index (κ1) is 14.4. The van der Waals surface area contributed by atoms with Crippen LogP contribution in [0.4, 0.5) is 0 Å². The topological polar surface area (TPSA) is 67.6 Å². The van der Waals surface area contributed by atoms with Gasteiger partial charge < -0.3 is 4.42 Å². The van der Waals surface area contributed by atoms with Gasteiger partial charge in [-0.1, -0.05) is 42.1 Å². The maximum Gasteiger partial charge on any atom is 0.193 e. The van der Waals surface area contributed by atoms with Gasteiger partial charge in [-0.25, -0.2) is 0 Å². The van der Waals surface area contributed by atoms with Gasteiger partial charge in [0.15, 0.2) is 11.0 Å². The zero-order valence-electron chi connectivity index (χ0n) is 12.0. The normalized spacial score (nSPS) is 12.0.